The Kier molecular flexibility index (Phi) is 10.6. The molecule has 0 radical (unpaired) electrons. The number of rotatable bonds is 12. The first kappa shape index (κ1) is 26.1. The van der Waals surface area contributed by atoms with Crippen molar-refractivity contribution in [1.82, 2.24) is 20.6 Å². The Bertz CT molecular complexity index is 976. The topological polar surface area (TPSA) is 138 Å². The van der Waals surface area contributed by atoms with Crippen molar-refractivity contribution in [3.05, 3.63) is 41.0 Å². The third kappa shape index (κ3) is 9.46. The molecular weight excluding hydrogens is 468 g/mol. The van der Waals surface area contributed by atoms with Crippen LogP contribution < -0.4 is 21.3 Å². The molecule has 0 aliphatic rings. The van der Waals surface area contributed by atoms with E-state index in [-0.39, 0.29) is 30.6 Å². The Labute approximate surface area is 202 Å². The summed E-state index contributed by atoms with van der Waals surface area (Å²) < 4.78 is 5.29. The number of aromatic nitrogens is 2. The molecule has 5 N–H and O–H groups in total. The molecule has 178 valence electrons. The summed E-state index contributed by atoms with van der Waals surface area (Å²) in [6, 6.07) is 7.17. The van der Waals surface area contributed by atoms with Crippen molar-refractivity contribution >= 4 is 58.3 Å². The van der Waals surface area contributed by atoms with Crippen LogP contribution in [0.2, 0.25) is 5.02 Å². The average Bonchev–Trinajstić information content (AvgIpc) is 2.74. The summed E-state index contributed by atoms with van der Waals surface area (Å²) in [6.07, 6.45) is 1.75. The van der Waals surface area contributed by atoms with Crippen molar-refractivity contribution in [1.29, 1.82) is 0 Å². The van der Waals surface area contributed by atoms with Crippen molar-refractivity contribution in [2.24, 2.45) is 0 Å². The zero-order valence-electron chi connectivity index (χ0n) is 18.4. The quantitative estimate of drug-likeness (QED) is 0.169. The van der Waals surface area contributed by atoms with Crippen molar-refractivity contribution in [2.75, 3.05) is 30.3 Å². The van der Waals surface area contributed by atoms with E-state index in [0.29, 0.717) is 41.2 Å². The lowest BCUT2D eigenvalue weighted by Crippen LogP contribution is -2.37. The third-order valence-electron chi connectivity index (χ3n) is 4.03. The van der Waals surface area contributed by atoms with Crippen LogP contribution in [-0.2, 0) is 9.53 Å². The number of thiocarbonyl (C=S) groups is 1. The van der Waals surface area contributed by atoms with Gasteiger partial charge in [-0.05, 0) is 44.6 Å². The van der Waals surface area contributed by atoms with E-state index < -0.39 is 11.9 Å². The molecule has 0 atom stereocenters. The SMILES string of the molecule is CC(C)OC(=O)c1cnc(Nc2ccccc2Cl)nc1NCCCNC(=S)NCCC(=O)O. The maximum atomic E-state index is 12.5. The Morgan fingerprint density at radius 3 is 2.61 bits per heavy atom. The van der Waals surface area contributed by atoms with Gasteiger partial charge in [-0.2, -0.15) is 4.98 Å². The number of halogens is 1. The smallest absolute Gasteiger partial charge is 0.343 e. The predicted octanol–water partition coefficient (Wildman–Crippen LogP) is 3.18. The summed E-state index contributed by atoms with van der Waals surface area (Å²) in [6.45, 7) is 4.79. The maximum Gasteiger partial charge on any atom is 0.343 e. The molecule has 0 aliphatic heterocycles. The van der Waals surface area contributed by atoms with Crippen LogP contribution in [-0.4, -0.2) is 57.9 Å². The number of carbonyl (C=O) groups is 2. The van der Waals surface area contributed by atoms with Gasteiger partial charge in [-0.3, -0.25) is 4.79 Å². The molecule has 0 bridgehead atoms. The van der Waals surface area contributed by atoms with Crippen LogP contribution in [0.15, 0.2) is 30.5 Å². The molecule has 1 aromatic heterocycles. The fourth-order valence-corrected chi connectivity index (χ4v) is 2.92. The minimum absolute atomic E-state index is 0.0170. The number of aliphatic carboxylic acids is 1. The largest absolute Gasteiger partial charge is 0.481 e. The number of hydrogen-bond acceptors (Lipinski definition) is 8. The molecule has 33 heavy (non-hydrogen) atoms. The zero-order valence-corrected chi connectivity index (χ0v) is 19.9. The number of ether oxygens (including phenoxy) is 1. The van der Waals surface area contributed by atoms with Crippen LogP contribution in [0.5, 0.6) is 0 Å². The number of carboxylic acid groups (broad SMARTS) is 1. The summed E-state index contributed by atoms with van der Waals surface area (Å²) in [5.41, 5.74) is 0.850. The number of para-hydroxylation sites is 1. The molecule has 0 saturated heterocycles. The maximum absolute atomic E-state index is 12.5. The number of nitrogens with one attached hydrogen (secondary N) is 4. The molecule has 0 saturated carbocycles. The molecule has 10 nitrogen and oxygen atoms in total. The minimum Gasteiger partial charge on any atom is -0.481 e. The van der Waals surface area contributed by atoms with E-state index in [4.69, 9.17) is 33.7 Å². The molecule has 2 rings (SSSR count). The van der Waals surface area contributed by atoms with Crippen molar-refractivity contribution in [3.63, 3.8) is 0 Å². The van der Waals surface area contributed by atoms with Gasteiger partial charge in [0.1, 0.15) is 11.4 Å². The van der Waals surface area contributed by atoms with E-state index in [1.807, 2.05) is 12.1 Å². The lowest BCUT2D eigenvalue weighted by atomic mass is 10.3. The zero-order chi connectivity index (χ0) is 24.2. The second-order valence-electron chi connectivity index (χ2n) is 7.12. The van der Waals surface area contributed by atoms with Crippen LogP contribution in [0.1, 0.15) is 37.0 Å². The molecule has 0 unspecified atom stereocenters. The molecule has 1 heterocycles. The molecule has 1 aromatic carbocycles. The highest BCUT2D eigenvalue weighted by molar-refractivity contribution is 7.80. The normalized spacial score (nSPS) is 10.4. The fraction of sp³-hybridized carbons (Fsp3) is 0.381. The first-order chi connectivity index (χ1) is 15.8. The number of hydrogen-bond donors (Lipinski definition) is 5. The van der Waals surface area contributed by atoms with Gasteiger partial charge in [0.05, 0.1) is 23.2 Å². The number of carboxylic acids is 1. The van der Waals surface area contributed by atoms with E-state index >= 15 is 0 Å². The van der Waals surface area contributed by atoms with Crippen molar-refractivity contribution in [2.45, 2.75) is 32.8 Å². The van der Waals surface area contributed by atoms with E-state index in [1.54, 1.807) is 26.0 Å². The Morgan fingerprint density at radius 2 is 1.91 bits per heavy atom. The number of anilines is 3. The molecule has 2 aromatic rings. The fourth-order valence-electron chi connectivity index (χ4n) is 2.53. The van der Waals surface area contributed by atoms with E-state index in [2.05, 4.69) is 31.2 Å². The highest BCUT2D eigenvalue weighted by atomic mass is 35.5. The van der Waals surface area contributed by atoms with E-state index in [0.717, 1.165) is 0 Å². The molecular formula is C21H27ClN6O4S. The van der Waals surface area contributed by atoms with Gasteiger partial charge in [-0.25, -0.2) is 9.78 Å². The number of esters is 1. The van der Waals surface area contributed by atoms with Gasteiger partial charge in [0.25, 0.3) is 0 Å². The molecule has 0 amide bonds. The second-order valence-corrected chi connectivity index (χ2v) is 7.94. The lowest BCUT2D eigenvalue weighted by molar-refractivity contribution is -0.136. The Morgan fingerprint density at radius 1 is 1.18 bits per heavy atom. The summed E-state index contributed by atoms with van der Waals surface area (Å²) in [4.78, 5) is 31.6. The van der Waals surface area contributed by atoms with Gasteiger partial charge < -0.3 is 31.1 Å². The Balaban J connectivity index is 1.98. The average molecular weight is 495 g/mol. The van der Waals surface area contributed by atoms with Gasteiger partial charge >= 0.3 is 11.9 Å². The van der Waals surface area contributed by atoms with Gasteiger partial charge in [0.2, 0.25) is 5.95 Å². The molecule has 0 aliphatic carbocycles. The van der Waals surface area contributed by atoms with Crippen LogP contribution in [0.3, 0.4) is 0 Å². The van der Waals surface area contributed by atoms with E-state index in [1.165, 1.54) is 6.20 Å². The molecule has 0 fully saturated rings. The number of benzene rings is 1. The standard InChI is InChI=1S/C21H27ClN6O4S/c1-13(2)32-19(31)14-12-26-20(27-16-7-4-3-6-15(16)22)28-18(14)23-9-5-10-24-21(33)25-11-8-17(29)30/h3-4,6-7,12-13H,5,8-11H2,1-2H3,(H,29,30)(H2,24,25,33)(H2,23,26,27,28). The highest BCUT2D eigenvalue weighted by Gasteiger charge is 2.17. The predicted molar refractivity (Wildman–Crippen MR) is 131 cm³/mol. The lowest BCUT2D eigenvalue weighted by Gasteiger charge is -2.14. The van der Waals surface area contributed by atoms with Crippen molar-refractivity contribution in [3.8, 4) is 0 Å². The van der Waals surface area contributed by atoms with Gasteiger partial charge in [0, 0.05) is 25.8 Å². The van der Waals surface area contributed by atoms with Gasteiger partial charge in [0.15, 0.2) is 5.11 Å². The van der Waals surface area contributed by atoms with Gasteiger partial charge in [-0.15, -0.1) is 0 Å². The van der Waals surface area contributed by atoms with Crippen LogP contribution in [0.25, 0.3) is 0 Å². The molecule has 12 heteroatoms. The summed E-state index contributed by atoms with van der Waals surface area (Å²) in [5, 5.41) is 21.5. The van der Waals surface area contributed by atoms with Crippen LogP contribution in [0.4, 0.5) is 17.5 Å². The minimum atomic E-state index is -0.894. The first-order valence-electron chi connectivity index (χ1n) is 10.3. The van der Waals surface area contributed by atoms with E-state index in [9.17, 15) is 9.59 Å². The summed E-state index contributed by atoms with van der Waals surface area (Å²) >= 11 is 11.3. The van der Waals surface area contributed by atoms with Gasteiger partial charge in [-0.1, -0.05) is 23.7 Å². The summed E-state index contributed by atoms with van der Waals surface area (Å²) in [7, 11) is 0. The second kappa shape index (κ2) is 13.4. The Hall–Kier alpha value is -3.18. The van der Waals surface area contributed by atoms with Crippen LogP contribution >= 0.6 is 23.8 Å². The van der Waals surface area contributed by atoms with Crippen LogP contribution in [0, 0.1) is 0 Å². The highest BCUT2D eigenvalue weighted by Crippen LogP contribution is 2.24. The third-order valence-corrected chi connectivity index (χ3v) is 4.65. The number of carbonyl (C=O) groups excluding carboxylic acids is 1. The molecule has 0 spiro atoms. The summed E-state index contributed by atoms with van der Waals surface area (Å²) in [5.74, 6) is -0.825. The number of nitrogens with zero attached hydrogens (tertiary/aromatic N) is 2. The van der Waals surface area contributed by atoms with Crippen molar-refractivity contribution < 1.29 is 19.4 Å². The first-order valence-corrected chi connectivity index (χ1v) is 11.1. The monoisotopic (exact) mass is 494 g/mol.